The van der Waals surface area contributed by atoms with Gasteiger partial charge in [0.15, 0.2) is 5.96 Å². The number of hydrogen-bond donors (Lipinski definition) is 8. The molecule has 3 atom stereocenters. The van der Waals surface area contributed by atoms with E-state index in [-0.39, 0.29) is 61.5 Å². The van der Waals surface area contributed by atoms with Crippen LogP contribution in [-0.4, -0.2) is 79.8 Å². The van der Waals surface area contributed by atoms with Crippen molar-refractivity contribution < 1.29 is 33.8 Å². The predicted molar refractivity (Wildman–Crippen MR) is 259 cm³/mol. The molecule has 0 fully saturated rings. The summed E-state index contributed by atoms with van der Waals surface area (Å²) in [4.78, 5) is 58.3. The number of benzene rings is 5. The molecule has 1 aliphatic rings. The van der Waals surface area contributed by atoms with E-state index in [0.717, 1.165) is 33.4 Å². The number of unbranched alkanes of at least 4 members (excludes halogenated alkanes) is 2. The second-order valence-electron chi connectivity index (χ2n) is 16.5. The number of amides is 4. The minimum atomic E-state index is -0.894. The third-order valence-electron chi connectivity index (χ3n) is 11.6. The fourth-order valence-corrected chi connectivity index (χ4v) is 8.17. The van der Waals surface area contributed by atoms with E-state index in [1.807, 2.05) is 78.9 Å². The van der Waals surface area contributed by atoms with Crippen molar-refractivity contribution in [2.75, 3.05) is 32.8 Å². The van der Waals surface area contributed by atoms with Gasteiger partial charge in [-0.25, -0.2) is 4.79 Å². The zero-order valence-electron chi connectivity index (χ0n) is 37.7. The predicted octanol–water partition coefficient (Wildman–Crippen LogP) is 5.69. The standard InChI is InChI=1S/C52H62N8O7/c53-28-9-8-22-46(60-52(65)67-34-44-42-20-6-4-18-40(42)41-19-5-7-21-43(41)44)48(62)56-29-10-11-31-66-39-17-12-16-37(32-39)47(36-14-2-1-3-15-36)50(64)59-45(23-13-30-57-51(54)55)49(63)58-33-35-24-26-38(61)27-25-35/h1-7,12,14-21,24-27,32,44-47,61H,8-11,13,22-23,28-31,33-34,53H2,(H,56,62)(H,58,63)(H,59,64)(H,60,65)(H4,54,55,57)/t45-,46-,47?/m1/s1. The van der Waals surface area contributed by atoms with Gasteiger partial charge in [-0.05, 0) is 115 Å². The smallest absolute Gasteiger partial charge is 0.407 e. The highest BCUT2D eigenvalue weighted by atomic mass is 16.5. The molecule has 67 heavy (non-hydrogen) atoms. The molecule has 6 rings (SSSR count). The van der Waals surface area contributed by atoms with Gasteiger partial charge in [0, 0.05) is 25.6 Å². The molecule has 1 unspecified atom stereocenters. The number of fused-ring (bicyclic) bond motifs is 3. The summed E-state index contributed by atoms with van der Waals surface area (Å²) in [6.45, 7) is 1.82. The van der Waals surface area contributed by atoms with E-state index in [0.29, 0.717) is 69.5 Å². The number of carbonyl (C=O) groups is 4. The number of ether oxygens (including phenoxy) is 2. The fourth-order valence-electron chi connectivity index (χ4n) is 8.17. The molecule has 15 heteroatoms. The topological polar surface area (TPSA) is 246 Å². The number of guanidine groups is 1. The van der Waals surface area contributed by atoms with Gasteiger partial charge in [-0.1, -0.05) is 103 Å². The van der Waals surface area contributed by atoms with Gasteiger partial charge in [0.05, 0.1) is 12.5 Å². The molecule has 0 heterocycles. The van der Waals surface area contributed by atoms with Crippen molar-refractivity contribution in [1.82, 2.24) is 21.3 Å². The van der Waals surface area contributed by atoms with Gasteiger partial charge < -0.3 is 53.0 Å². The number of aliphatic imine (C=N–C) groups is 1. The van der Waals surface area contributed by atoms with Crippen LogP contribution < -0.4 is 43.2 Å². The summed E-state index contributed by atoms with van der Waals surface area (Å²) >= 11 is 0. The largest absolute Gasteiger partial charge is 0.508 e. The number of rotatable bonds is 25. The molecule has 0 aliphatic heterocycles. The SMILES string of the molecule is NCCCC[C@@H](NC(=O)OCC1c2ccccc2-c2ccccc21)C(=O)NCCCCOc1cccc(C(C(=O)N[C@H](CCCN=C(N)N)C(=O)NCc2ccc(O)cc2)c2ccccc2)c1. The van der Waals surface area contributed by atoms with Crippen molar-refractivity contribution in [1.29, 1.82) is 0 Å². The van der Waals surface area contributed by atoms with Crippen LogP contribution in [0.1, 0.15) is 84.6 Å². The Morgan fingerprint density at radius 3 is 2.00 bits per heavy atom. The molecule has 0 spiro atoms. The molecule has 0 bridgehead atoms. The molecule has 11 N–H and O–H groups in total. The highest BCUT2D eigenvalue weighted by Crippen LogP contribution is 2.44. The summed E-state index contributed by atoms with van der Waals surface area (Å²) in [5, 5.41) is 21.3. The third-order valence-corrected chi connectivity index (χ3v) is 11.6. The number of alkyl carbamates (subject to hydrolysis) is 1. The number of nitrogens with two attached hydrogens (primary N) is 3. The molecule has 0 aromatic heterocycles. The summed E-state index contributed by atoms with van der Waals surface area (Å²) in [5.41, 5.74) is 23.4. The zero-order valence-corrected chi connectivity index (χ0v) is 37.7. The third kappa shape index (κ3) is 14.6. The lowest BCUT2D eigenvalue weighted by molar-refractivity contribution is -0.129. The summed E-state index contributed by atoms with van der Waals surface area (Å²) in [6.07, 6.45) is 3.09. The number of nitrogens with zero attached hydrogens (tertiary/aromatic N) is 1. The van der Waals surface area contributed by atoms with E-state index < -0.39 is 24.1 Å². The van der Waals surface area contributed by atoms with E-state index >= 15 is 0 Å². The summed E-state index contributed by atoms with van der Waals surface area (Å²) in [5.74, 6) is -1.30. The van der Waals surface area contributed by atoms with E-state index in [4.69, 9.17) is 26.7 Å². The first-order valence-corrected chi connectivity index (χ1v) is 22.9. The lowest BCUT2D eigenvalue weighted by Gasteiger charge is -2.23. The van der Waals surface area contributed by atoms with Crippen LogP contribution in [0.15, 0.2) is 132 Å². The van der Waals surface area contributed by atoms with Gasteiger partial charge >= 0.3 is 6.09 Å². The van der Waals surface area contributed by atoms with Gasteiger partial charge in [0.1, 0.15) is 30.2 Å². The molecular weight excluding hydrogens is 849 g/mol. The number of carbonyl (C=O) groups excluding carboxylic acids is 4. The molecule has 5 aromatic carbocycles. The zero-order chi connectivity index (χ0) is 47.4. The first-order valence-electron chi connectivity index (χ1n) is 22.9. The van der Waals surface area contributed by atoms with E-state index in [2.05, 4.69) is 50.5 Å². The van der Waals surface area contributed by atoms with Gasteiger partial charge in [-0.3, -0.25) is 19.4 Å². The minimum absolute atomic E-state index is 0.0592. The van der Waals surface area contributed by atoms with E-state index in [1.165, 1.54) is 12.1 Å². The van der Waals surface area contributed by atoms with Crippen molar-refractivity contribution in [3.63, 3.8) is 0 Å². The number of nitrogens with one attached hydrogen (secondary N) is 4. The molecule has 0 saturated heterocycles. The number of aromatic hydroxyl groups is 1. The van der Waals surface area contributed by atoms with Crippen LogP contribution in [0.3, 0.4) is 0 Å². The maximum absolute atomic E-state index is 14.3. The number of phenolic OH excluding ortho intramolecular Hbond substituents is 1. The normalized spacial score (nSPS) is 12.9. The Labute approximate surface area is 391 Å². The maximum Gasteiger partial charge on any atom is 0.407 e. The molecule has 0 radical (unpaired) electrons. The highest BCUT2D eigenvalue weighted by Gasteiger charge is 2.31. The quantitative estimate of drug-likeness (QED) is 0.0202. The van der Waals surface area contributed by atoms with E-state index in [9.17, 15) is 24.3 Å². The van der Waals surface area contributed by atoms with Gasteiger partial charge in [0.25, 0.3) is 0 Å². The minimum Gasteiger partial charge on any atom is -0.508 e. The molecule has 352 valence electrons. The summed E-state index contributed by atoms with van der Waals surface area (Å²) in [7, 11) is 0. The summed E-state index contributed by atoms with van der Waals surface area (Å²) < 4.78 is 11.9. The summed E-state index contributed by atoms with van der Waals surface area (Å²) in [6, 6.07) is 37.7. The molecule has 4 amide bonds. The van der Waals surface area contributed by atoms with Gasteiger partial charge in [-0.15, -0.1) is 0 Å². The van der Waals surface area contributed by atoms with Crippen LogP contribution in [-0.2, 0) is 25.7 Å². The average molecular weight is 911 g/mol. The van der Waals surface area contributed by atoms with Crippen molar-refractivity contribution in [2.24, 2.45) is 22.2 Å². The maximum atomic E-state index is 14.3. The Morgan fingerprint density at radius 2 is 1.30 bits per heavy atom. The Morgan fingerprint density at radius 1 is 0.657 bits per heavy atom. The Hall–Kier alpha value is -7.39. The van der Waals surface area contributed by atoms with Crippen molar-refractivity contribution >= 4 is 29.8 Å². The molecule has 15 nitrogen and oxygen atoms in total. The second-order valence-corrected chi connectivity index (χ2v) is 16.5. The van der Waals surface area contributed by atoms with Crippen LogP contribution in [0.5, 0.6) is 11.5 Å². The second kappa shape index (κ2) is 25.3. The Balaban J connectivity index is 1.01. The Kier molecular flexibility index (Phi) is 18.6. The van der Waals surface area contributed by atoms with Gasteiger partial charge in [0.2, 0.25) is 17.7 Å². The van der Waals surface area contributed by atoms with Crippen molar-refractivity contribution in [3.8, 4) is 22.6 Å². The van der Waals surface area contributed by atoms with Crippen molar-refractivity contribution in [3.05, 3.63) is 155 Å². The lowest BCUT2D eigenvalue weighted by Crippen LogP contribution is -2.48. The first-order chi connectivity index (χ1) is 32.6. The first kappa shape index (κ1) is 49.1. The van der Waals surface area contributed by atoms with E-state index in [1.54, 1.807) is 12.1 Å². The number of hydrogen-bond acceptors (Lipinski definition) is 9. The van der Waals surface area contributed by atoms with Crippen LogP contribution >= 0.6 is 0 Å². The highest BCUT2D eigenvalue weighted by molar-refractivity contribution is 5.92. The van der Waals surface area contributed by atoms with Crippen molar-refractivity contribution in [2.45, 2.75) is 75.4 Å². The monoisotopic (exact) mass is 910 g/mol. The Bertz CT molecular complexity index is 2380. The average Bonchev–Trinajstić information content (AvgIpc) is 3.66. The van der Waals surface area contributed by atoms with Crippen LogP contribution in [0.4, 0.5) is 4.79 Å². The van der Waals surface area contributed by atoms with Crippen LogP contribution in [0.2, 0.25) is 0 Å². The molecule has 0 saturated carbocycles. The molecular formula is C52H62N8O7. The van der Waals surface area contributed by atoms with Crippen LogP contribution in [0.25, 0.3) is 11.1 Å². The fraction of sp³-hybridized carbons (Fsp3) is 0.327. The lowest BCUT2D eigenvalue weighted by atomic mass is 9.90. The van der Waals surface area contributed by atoms with Crippen LogP contribution in [0, 0.1) is 0 Å². The molecule has 5 aromatic rings. The molecule has 1 aliphatic carbocycles. The number of phenols is 1. The van der Waals surface area contributed by atoms with Gasteiger partial charge in [-0.2, -0.15) is 0 Å².